The summed E-state index contributed by atoms with van der Waals surface area (Å²) in [6.45, 7) is 1.10. The Morgan fingerprint density at radius 3 is 3.14 bits per heavy atom. The maximum absolute atomic E-state index is 5.32. The standard InChI is InChI=1S/C11H16N2O/c1-14-11-5-7-12-8-9(11)10-4-2-3-6-13-10/h5,7-8,10,13H,2-4,6H2,1H3/t10-/m1/s1. The Kier molecular flexibility index (Phi) is 2.99. The summed E-state index contributed by atoms with van der Waals surface area (Å²) in [5.41, 5.74) is 1.19. The van der Waals surface area contributed by atoms with Gasteiger partial charge in [0.05, 0.1) is 7.11 Å². The van der Waals surface area contributed by atoms with Crippen molar-refractivity contribution in [3.8, 4) is 5.75 Å². The van der Waals surface area contributed by atoms with E-state index in [4.69, 9.17) is 4.74 Å². The number of nitrogens with one attached hydrogen (secondary N) is 1. The summed E-state index contributed by atoms with van der Waals surface area (Å²) in [7, 11) is 1.71. The largest absolute Gasteiger partial charge is 0.496 e. The van der Waals surface area contributed by atoms with E-state index in [2.05, 4.69) is 10.3 Å². The highest BCUT2D eigenvalue weighted by Gasteiger charge is 2.17. The summed E-state index contributed by atoms with van der Waals surface area (Å²) in [5, 5.41) is 3.49. The van der Waals surface area contributed by atoms with E-state index in [0.717, 1.165) is 12.3 Å². The Morgan fingerprint density at radius 1 is 1.50 bits per heavy atom. The third kappa shape index (κ3) is 1.87. The molecule has 1 aliphatic heterocycles. The third-order valence-corrected chi connectivity index (χ3v) is 2.72. The Morgan fingerprint density at radius 2 is 2.43 bits per heavy atom. The lowest BCUT2D eigenvalue weighted by Gasteiger charge is -2.24. The van der Waals surface area contributed by atoms with Crippen molar-refractivity contribution < 1.29 is 4.74 Å². The van der Waals surface area contributed by atoms with Gasteiger partial charge in [-0.1, -0.05) is 6.42 Å². The average Bonchev–Trinajstić information content (AvgIpc) is 2.30. The first-order chi connectivity index (χ1) is 6.92. The van der Waals surface area contributed by atoms with E-state index in [1.807, 2.05) is 12.3 Å². The summed E-state index contributed by atoms with van der Waals surface area (Å²) < 4.78 is 5.32. The fraction of sp³-hybridized carbons (Fsp3) is 0.545. The van der Waals surface area contributed by atoms with E-state index in [1.165, 1.54) is 24.8 Å². The van der Waals surface area contributed by atoms with Crippen molar-refractivity contribution in [3.05, 3.63) is 24.0 Å². The molecule has 76 valence electrons. The van der Waals surface area contributed by atoms with E-state index < -0.39 is 0 Å². The summed E-state index contributed by atoms with van der Waals surface area (Å²) in [5.74, 6) is 0.944. The number of pyridine rings is 1. The molecule has 0 amide bonds. The van der Waals surface area contributed by atoms with Crippen LogP contribution in [0.25, 0.3) is 0 Å². The fourth-order valence-electron chi connectivity index (χ4n) is 1.96. The van der Waals surface area contributed by atoms with Crippen LogP contribution >= 0.6 is 0 Å². The zero-order valence-electron chi connectivity index (χ0n) is 8.49. The molecule has 0 saturated carbocycles. The number of ether oxygens (including phenoxy) is 1. The van der Waals surface area contributed by atoms with E-state index in [1.54, 1.807) is 13.3 Å². The molecule has 2 rings (SSSR count). The second-order valence-corrected chi connectivity index (χ2v) is 3.62. The van der Waals surface area contributed by atoms with Crippen LogP contribution in [0.3, 0.4) is 0 Å². The summed E-state index contributed by atoms with van der Waals surface area (Å²) >= 11 is 0. The molecule has 1 aromatic heterocycles. The summed E-state index contributed by atoms with van der Waals surface area (Å²) in [4.78, 5) is 4.15. The second kappa shape index (κ2) is 4.42. The Labute approximate surface area is 84.5 Å². The van der Waals surface area contributed by atoms with Crippen LogP contribution in [-0.2, 0) is 0 Å². The molecule has 0 aromatic carbocycles. The van der Waals surface area contributed by atoms with Gasteiger partial charge in [0.1, 0.15) is 5.75 Å². The van der Waals surface area contributed by atoms with Gasteiger partial charge >= 0.3 is 0 Å². The molecule has 14 heavy (non-hydrogen) atoms. The van der Waals surface area contributed by atoms with Crippen LogP contribution in [0.4, 0.5) is 0 Å². The summed E-state index contributed by atoms with van der Waals surface area (Å²) in [6, 6.07) is 2.35. The molecule has 2 heterocycles. The van der Waals surface area contributed by atoms with Gasteiger partial charge in [-0.05, 0) is 25.5 Å². The molecule has 3 nitrogen and oxygen atoms in total. The van der Waals surface area contributed by atoms with E-state index >= 15 is 0 Å². The zero-order chi connectivity index (χ0) is 9.80. The Hall–Kier alpha value is -1.09. The van der Waals surface area contributed by atoms with Crippen molar-refractivity contribution in [2.75, 3.05) is 13.7 Å². The van der Waals surface area contributed by atoms with Crippen molar-refractivity contribution in [3.63, 3.8) is 0 Å². The highest BCUT2D eigenvalue weighted by Crippen LogP contribution is 2.29. The zero-order valence-corrected chi connectivity index (χ0v) is 8.49. The average molecular weight is 192 g/mol. The molecule has 0 unspecified atom stereocenters. The molecule has 1 aromatic rings. The molecule has 0 spiro atoms. The van der Waals surface area contributed by atoms with Crippen LogP contribution in [0.15, 0.2) is 18.5 Å². The Bertz CT molecular complexity index is 295. The number of piperidine rings is 1. The van der Waals surface area contributed by atoms with Gasteiger partial charge in [-0.25, -0.2) is 0 Å². The molecule has 0 radical (unpaired) electrons. The highest BCUT2D eigenvalue weighted by atomic mass is 16.5. The lowest BCUT2D eigenvalue weighted by molar-refractivity contribution is 0.372. The first kappa shape index (κ1) is 9.46. The van der Waals surface area contributed by atoms with Crippen molar-refractivity contribution in [2.24, 2.45) is 0 Å². The molecular formula is C11H16N2O. The maximum atomic E-state index is 5.32. The van der Waals surface area contributed by atoms with Crippen LogP contribution in [0.5, 0.6) is 5.75 Å². The number of hydrogen-bond donors (Lipinski definition) is 1. The Balaban J connectivity index is 2.20. The topological polar surface area (TPSA) is 34.1 Å². The van der Waals surface area contributed by atoms with E-state index in [9.17, 15) is 0 Å². The van der Waals surface area contributed by atoms with Crippen molar-refractivity contribution in [1.29, 1.82) is 0 Å². The minimum Gasteiger partial charge on any atom is -0.496 e. The van der Waals surface area contributed by atoms with Crippen molar-refractivity contribution >= 4 is 0 Å². The minimum absolute atomic E-state index is 0.424. The van der Waals surface area contributed by atoms with Gasteiger partial charge in [0.2, 0.25) is 0 Å². The minimum atomic E-state index is 0.424. The van der Waals surface area contributed by atoms with Gasteiger partial charge in [0, 0.05) is 24.0 Å². The molecule has 1 aliphatic rings. The quantitative estimate of drug-likeness (QED) is 0.777. The van der Waals surface area contributed by atoms with Crippen LogP contribution in [0.2, 0.25) is 0 Å². The molecule has 1 N–H and O–H groups in total. The first-order valence-corrected chi connectivity index (χ1v) is 5.13. The SMILES string of the molecule is COc1ccncc1[C@H]1CCCCN1. The molecule has 0 bridgehead atoms. The molecule has 3 heteroatoms. The lowest BCUT2D eigenvalue weighted by Crippen LogP contribution is -2.27. The number of nitrogens with zero attached hydrogens (tertiary/aromatic N) is 1. The van der Waals surface area contributed by atoms with Gasteiger partial charge in [-0.3, -0.25) is 4.98 Å². The van der Waals surface area contributed by atoms with Crippen LogP contribution in [-0.4, -0.2) is 18.6 Å². The van der Waals surface area contributed by atoms with Gasteiger partial charge in [-0.15, -0.1) is 0 Å². The first-order valence-electron chi connectivity index (χ1n) is 5.13. The monoisotopic (exact) mass is 192 g/mol. The van der Waals surface area contributed by atoms with Crippen LogP contribution < -0.4 is 10.1 Å². The van der Waals surface area contributed by atoms with E-state index in [0.29, 0.717) is 6.04 Å². The predicted octanol–water partition coefficient (Wildman–Crippen LogP) is 1.90. The van der Waals surface area contributed by atoms with Crippen molar-refractivity contribution in [2.45, 2.75) is 25.3 Å². The normalized spacial score (nSPS) is 21.9. The number of methoxy groups -OCH3 is 1. The molecule has 1 fully saturated rings. The van der Waals surface area contributed by atoms with Gasteiger partial charge in [0.15, 0.2) is 0 Å². The van der Waals surface area contributed by atoms with Crippen LogP contribution in [0, 0.1) is 0 Å². The van der Waals surface area contributed by atoms with Gasteiger partial charge in [0.25, 0.3) is 0 Å². The third-order valence-electron chi connectivity index (χ3n) is 2.72. The number of rotatable bonds is 2. The summed E-state index contributed by atoms with van der Waals surface area (Å²) in [6.07, 6.45) is 7.42. The van der Waals surface area contributed by atoms with Crippen molar-refractivity contribution in [1.82, 2.24) is 10.3 Å². The van der Waals surface area contributed by atoms with Crippen LogP contribution in [0.1, 0.15) is 30.9 Å². The molecular weight excluding hydrogens is 176 g/mol. The smallest absolute Gasteiger partial charge is 0.126 e. The van der Waals surface area contributed by atoms with E-state index in [-0.39, 0.29) is 0 Å². The molecule has 1 atom stereocenters. The fourth-order valence-corrected chi connectivity index (χ4v) is 1.96. The predicted molar refractivity (Wildman–Crippen MR) is 55.4 cm³/mol. The molecule has 0 aliphatic carbocycles. The maximum Gasteiger partial charge on any atom is 0.126 e. The lowest BCUT2D eigenvalue weighted by atomic mass is 9.98. The number of hydrogen-bond acceptors (Lipinski definition) is 3. The highest BCUT2D eigenvalue weighted by molar-refractivity contribution is 5.33. The molecule has 1 saturated heterocycles. The van der Waals surface area contributed by atoms with Gasteiger partial charge < -0.3 is 10.1 Å². The second-order valence-electron chi connectivity index (χ2n) is 3.62. The van der Waals surface area contributed by atoms with Gasteiger partial charge in [-0.2, -0.15) is 0 Å². The number of aromatic nitrogens is 1.